The fourth-order valence-electron chi connectivity index (χ4n) is 5.49. The zero-order chi connectivity index (χ0) is 20.8. The van der Waals surface area contributed by atoms with Gasteiger partial charge < -0.3 is 4.90 Å². The largest absolute Gasteiger partial charge is 0.368 e. The van der Waals surface area contributed by atoms with Gasteiger partial charge in [0.25, 0.3) is 0 Å². The predicted octanol–water partition coefficient (Wildman–Crippen LogP) is 4.51. The highest BCUT2D eigenvalue weighted by atomic mass is 35.5. The van der Waals surface area contributed by atoms with Crippen LogP contribution < -0.4 is 4.90 Å². The molecule has 2 bridgehead atoms. The number of amides is 2. The molecule has 8 heteroatoms. The average molecular weight is 491 g/mol. The summed E-state index contributed by atoms with van der Waals surface area (Å²) in [6.45, 7) is 11.5. The molecule has 2 unspecified atom stereocenters. The maximum Gasteiger partial charge on any atom is 0.235 e. The minimum absolute atomic E-state index is 0. The van der Waals surface area contributed by atoms with Crippen molar-refractivity contribution in [3.05, 3.63) is 29.3 Å². The Morgan fingerprint density at radius 2 is 1.65 bits per heavy atom. The number of piperidine rings is 1. The second-order valence-electron chi connectivity index (χ2n) is 9.57. The van der Waals surface area contributed by atoms with Crippen LogP contribution in [0.25, 0.3) is 0 Å². The number of benzene rings is 1. The second-order valence-corrected chi connectivity index (χ2v) is 9.98. The van der Waals surface area contributed by atoms with Crippen LogP contribution in [0, 0.1) is 16.7 Å². The van der Waals surface area contributed by atoms with Gasteiger partial charge >= 0.3 is 0 Å². The zero-order valence-electron chi connectivity index (χ0n) is 18.6. The number of likely N-dealkylation sites (tertiary alicyclic amines) is 1. The van der Waals surface area contributed by atoms with E-state index in [0.717, 1.165) is 62.7 Å². The number of anilines is 1. The van der Waals surface area contributed by atoms with Crippen molar-refractivity contribution in [2.45, 2.75) is 40.0 Å². The van der Waals surface area contributed by atoms with Crippen molar-refractivity contribution in [2.75, 3.05) is 44.2 Å². The van der Waals surface area contributed by atoms with E-state index in [9.17, 15) is 9.59 Å². The molecule has 5 nitrogen and oxygen atoms in total. The van der Waals surface area contributed by atoms with Crippen molar-refractivity contribution in [2.24, 2.45) is 16.7 Å². The summed E-state index contributed by atoms with van der Waals surface area (Å²) in [7, 11) is 0. The molecule has 31 heavy (non-hydrogen) atoms. The van der Waals surface area contributed by atoms with Crippen molar-refractivity contribution < 1.29 is 9.59 Å². The number of piperazine rings is 1. The Kier molecular flexibility index (Phi) is 8.35. The third-order valence-corrected chi connectivity index (χ3v) is 8.25. The Morgan fingerprint density at radius 1 is 1.00 bits per heavy atom. The lowest BCUT2D eigenvalue weighted by molar-refractivity contribution is -0.167. The highest BCUT2D eigenvalue weighted by Gasteiger charge is 2.64. The first-order valence-electron chi connectivity index (χ1n) is 10.8. The maximum atomic E-state index is 13.1. The van der Waals surface area contributed by atoms with Crippen LogP contribution in [0.2, 0.25) is 5.02 Å². The molecule has 174 valence electrons. The molecule has 1 saturated carbocycles. The smallest absolute Gasteiger partial charge is 0.235 e. The Bertz CT molecular complexity index is 811. The Balaban J connectivity index is 0.00000171. The molecule has 3 aliphatic rings. The molecular weight excluding hydrogens is 457 g/mol. The van der Waals surface area contributed by atoms with Crippen LogP contribution in [-0.2, 0) is 9.59 Å². The fraction of sp³-hybridized carbons (Fsp3) is 0.652. The minimum atomic E-state index is -0.397. The third kappa shape index (κ3) is 4.44. The first-order valence-corrected chi connectivity index (χ1v) is 11.2. The molecule has 1 aliphatic carbocycles. The van der Waals surface area contributed by atoms with E-state index in [2.05, 4.69) is 36.6 Å². The molecule has 1 aromatic carbocycles. The standard InChI is InChI=1S/C23H32ClN3O2.2ClH/c1-22(2)17-9-10-23(22,3)21(29)27(20(17)28)12-6-11-25-13-15-26(16-14-25)19-8-5-4-7-18(19)24;;/h4-5,7-8,17H,6,9-16H2,1-3H3;2*1H. The van der Waals surface area contributed by atoms with Gasteiger partial charge in [0.15, 0.2) is 0 Å². The Labute approximate surface area is 203 Å². The van der Waals surface area contributed by atoms with Crippen LogP contribution in [0.1, 0.15) is 40.0 Å². The number of hydrogen-bond donors (Lipinski definition) is 0. The number of para-hydroxylation sites is 1. The van der Waals surface area contributed by atoms with E-state index in [4.69, 9.17) is 11.6 Å². The molecule has 0 N–H and O–H groups in total. The lowest BCUT2D eigenvalue weighted by Gasteiger charge is -2.47. The number of hydrogen-bond acceptors (Lipinski definition) is 4. The van der Waals surface area contributed by atoms with Gasteiger partial charge in [-0.2, -0.15) is 0 Å². The van der Waals surface area contributed by atoms with Crippen LogP contribution >= 0.6 is 36.4 Å². The number of fused-ring (bicyclic) bond motifs is 2. The minimum Gasteiger partial charge on any atom is -0.368 e. The van der Waals surface area contributed by atoms with E-state index >= 15 is 0 Å². The first-order chi connectivity index (χ1) is 13.8. The van der Waals surface area contributed by atoms with Crippen LogP contribution in [-0.4, -0.2) is 60.9 Å². The van der Waals surface area contributed by atoms with Crippen molar-refractivity contribution in [3.63, 3.8) is 0 Å². The highest BCUT2D eigenvalue weighted by molar-refractivity contribution is 6.33. The van der Waals surface area contributed by atoms with Gasteiger partial charge in [-0.05, 0) is 43.4 Å². The number of imide groups is 1. The van der Waals surface area contributed by atoms with E-state index in [1.165, 1.54) is 0 Å². The number of carbonyl (C=O) groups is 2. The van der Waals surface area contributed by atoms with Crippen molar-refractivity contribution in [1.82, 2.24) is 9.80 Å². The van der Waals surface area contributed by atoms with E-state index in [0.29, 0.717) is 6.54 Å². The monoisotopic (exact) mass is 489 g/mol. The van der Waals surface area contributed by atoms with Crippen LogP contribution in [0.5, 0.6) is 0 Å². The summed E-state index contributed by atoms with van der Waals surface area (Å²) in [6.07, 6.45) is 2.51. The molecular formula is C23H34Cl3N3O2. The van der Waals surface area contributed by atoms with Gasteiger partial charge in [0, 0.05) is 38.6 Å². The van der Waals surface area contributed by atoms with Gasteiger partial charge in [0.05, 0.1) is 16.1 Å². The molecule has 0 aromatic heterocycles. The van der Waals surface area contributed by atoms with Crippen LogP contribution in [0.3, 0.4) is 0 Å². The van der Waals surface area contributed by atoms with Gasteiger partial charge in [-0.1, -0.05) is 44.5 Å². The molecule has 2 atom stereocenters. The summed E-state index contributed by atoms with van der Waals surface area (Å²) in [5.74, 6) is 0.0904. The summed E-state index contributed by atoms with van der Waals surface area (Å²) in [6, 6.07) is 7.99. The lowest BCUT2D eigenvalue weighted by Crippen LogP contribution is -2.59. The number of halogens is 3. The SMILES string of the molecule is CC12CCC(C(=O)N(CCCN3CCN(c4ccccc4Cl)CC3)C1=O)C2(C)C.Cl.Cl. The Hall–Kier alpha value is -1.01. The van der Waals surface area contributed by atoms with E-state index in [1.54, 1.807) is 4.90 Å². The molecule has 1 aromatic rings. The molecule has 2 amide bonds. The first kappa shape index (κ1) is 26.2. The molecule has 4 rings (SSSR count). The van der Waals surface area contributed by atoms with Crippen molar-refractivity contribution in [1.29, 1.82) is 0 Å². The Morgan fingerprint density at radius 3 is 2.29 bits per heavy atom. The van der Waals surface area contributed by atoms with Crippen LogP contribution in [0.15, 0.2) is 24.3 Å². The van der Waals surface area contributed by atoms with Gasteiger partial charge in [-0.25, -0.2) is 0 Å². The molecule has 2 heterocycles. The predicted molar refractivity (Wildman–Crippen MR) is 131 cm³/mol. The summed E-state index contributed by atoms with van der Waals surface area (Å²) in [5.41, 5.74) is 0.475. The van der Waals surface area contributed by atoms with Gasteiger partial charge in [0.2, 0.25) is 11.8 Å². The summed E-state index contributed by atoms with van der Waals surface area (Å²) in [4.78, 5) is 32.4. The molecule has 0 radical (unpaired) electrons. The number of rotatable bonds is 5. The fourth-order valence-corrected chi connectivity index (χ4v) is 5.74. The topological polar surface area (TPSA) is 43.9 Å². The van der Waals surface area contributed by atoms with E-state index in [-0.39, 0.29) is 48.0 Å². The highest BCUT2D eigenvalue weighted by Crippen LogP contribution is 2.60. The zero-order valence-corrected chi connectivity index (χ0v) is 21.0. The maximum absolute atomic E-state index is 13.1. The van der Waals surface area contributed by atoms with E-state index in [1.807, 2.05) is 18.2 Å². The molecule has 2 saturated heterocycles. The average Bonchev–Trinajstić information content (AvgIpc) is 2.89. The van der Waals surface area contributed by atoms with E-state index < -0.39 is 5.41 Å². The summed E-state index contributed by atoms with van der Waals surface area (Å²) in [5, 5.41) is 0.800. The quantitative estimate of drug-likeness (QED) is 0.570. The van der Waals surface area contributed by atoms with Crippen molar-refractivity contribution >= 4 is 53.9 Å². The van der Waals surface area contributed by atoms with Gasteiger partial charge in [0.1, 0.15) is 0 Å². The normalized spacial score (nSPS) is 27.7. The second kappa shape index (κ2) is 9.86. The molecule has 0 spiro atoms. The van der Waals surface area contributed by atoms with Crippen molar-refractivity contribution in [3.8, 4) is 0 Å². The number of nitrogens with zero attached hydrogens (tertiary/aromatic N) is 3. The lowest BCUT2D eigenvalue weighted by atomic mass is 9.62. The molecule has 3 fully saturated rings. The van der Waals surface area contributed by atoms with Gasteiger partial charge in [-0.3, -0.25) is 19.4 Å². The summed E-state index contributed by atoms with van der Waals surface area (Å²) >= 11 is 6.33. The number of carbonyl (C=O) groups excluding carboxylic acids is 2. The van der Waals surface area contributed by atoms with Crippen LogP contribution in [0.4, 0.5) is 5.69 Å². The van der Waals surface area contributed by atoms with Gasteiger partial charge in [-0.15, -0.1) is 24.8 Å². The molecule has 2 aliphatic heterocycles. The third-order valence-electron chi connectivity index (χ3n) is 7.93. The summed E-state index contributed by atoms with van der Waals surface area (Å²) < 4.78 is 0.